The maximum atomic E-state index is 12.6. The number of benzene rings is 1. The van der Waals surface area contributed by atoms with E-state index in [-0.39, 0.29) is 17.4 Å². The van der Waals surface area contributed by atoms with E-state index in [2.05, 4.69) is 10.3 Å². The topological polar surface area (TPSA) is 85.4 Å². The van der Waals surface area contributed by atoms with Gasteiger partial charge in [0.15, 0.2) is 9.84 Å². The molecule has 2 heterocycles. The molecule has 0 bridgehead atoms. The number of nitrogens with zero attached hydrogens (tertiary/aromatic N) is 1. The quantitative estimate of drug-likeness (QED) is 0.865. The standard InChI is InChI=1S/C19H22N2O4S/c1-19(6-7-26(23,24)13-19)21-18(22)16-9-15(11-20-12-16)8-14-4-3-5-17(10-14)25-2/h3-5,9-12H,6-8,13H2,1-2H3,(H,21,22). The van der Waals surface area contributed by atoms with Crippen molar-refractivity contribution in [1.29, 1.82) is 0 Å². The van der Waals surface area contributed by atoms with E-state index < -0.39 is 15.4 Å². The van der Waals surface area contributed by atoms with Gasteiger partial charge in [-0.15, -0.1) is 0 Å². The molecule has 138 valence electrons. The van der Waals surface area contributed by atoms with Crippen LogP contribution in [-0.4, -0.2) is 43.5 Å². The molecule has 1 aromatic carbocycles. The van der Waals surface area contributed by atoms with Crippen molar-refractivity contribution in [3.05, 3.63) is 59.4 Å². The molecule has 1 unspecified atom stereocenters. The van der Waals surface area contributed by atoms with E-state index in [0.29, 0.717) is 18.4 Å². The Morgan fingerprint density at radius 3 is 2.77 bits per heavy atom. The molecule has 1 atom stereocenters. The Morgan fingerprint density at radius 1 is 1.27 bits per heavy atom. The van der Waals surface area contributed by atoms with Gasteiger partial charge in [-0.3, -0.25) is 9.78 Å². The number of nitrogens with one attached hydrogen (secondary N) is 1. The minimum atomic E-state index is -3.08. The molecule has 1 fully saturated rings. The second-order valence-corrected chi connectivity index (χ2v) is 9.15. The molecule has 0 saturated carbocycles. The highest BCUT2D eigenvalue weighted by Gasteiger charge is 2.39. The first-order valence-corrected chi connectivity index (χ1v) is 10.2. The summed E-state index contributed by atoms with van der Waals surface area (Å²) in [5.74, 6) is 0.560. The van der Waals surface area contributed by atoms with Crippen molar-refractivity contribution in [2.24, 2.45) is 0 Å². The molecular weight excluding hydrogens is 352 g/mol. The summed E-state index contributed by atoms with van der Waals surface area (Å²) >= 11 is 0. The molecule has 1 N–H and O–H groups in total. The SMILES string of the molecule is COc1cccc(Cc2cncc(C(=O)NC3(C)CCS(=O)(=O)C3)c2)c1. The van der Waals surface area contributed by atoms with Gasteiger partial charge in [0.25, 0.3) is 5.91 Å². The third-order valence-electron chi connectivity index (χ3n) is 4.52. The molecular formula is C19H22N2O4S. The van der Waals surface area contributed by atoms with Gasteiger partial charge < -0.3 is 10.1 Å². The molecule has 0 aliphatic carbocycles. The second-order valence-electron chi connectivity index (χ2n) is 6.97. The molecule has 3 rings (SSSR count). The third kappa shape index (κ3) is 4.40. The first kappa shape index (κ1) is 18.4. The highest BCUT2D eigenvalue weighted by molar-refractivity contribution is 7.91. The van der Waals surface area contributed by atoms with Crippen LogP contribution in [0.3, 0.4) is 0 Å². The fraction of sp³-hybridized carbons (Fsp3) is 0.368. The summed E-state index contributed by atoms with van der Waals surface area (Å²) < 4.78 is 28.6. The van der Waals surface area contributed by atoms with E-state index in [1.54, 1.807) is 26.3 Å². The molecule has 1 aromatic heterocycles. The van der Waals surface area contributed by atoms with Crippen LogP contribution in [0.25, 0.3) is 0 Å². The zero-order chi connectivity index (χ0) is 18.8. The number of carbonyl (C=O) groups excluding carboxylic acids is 1. The highest BCUT2D eigenvalue weighted by Crippen LogP contribution is 2.23. The van der Waals surface area contributed by atoms with Crippen molar-refractivity contribution in [1.82, 2.24) is 10.3 Å². The van der Waals surface area contributed by atoms with Gasteiger partial charge in [-0.25, -0.2) is 8.42 Å². The predicted octanol–water partition coefficient (Wildman–Crippen LogP) is 1.99. The molecule has 7 heteroatoms. The van der Waals surface area contributed by atoms with E-state index in [0.717, 1.165) is 16.9 Å². The summed E-state index contributed by atoms with van der Waals surface area (Å²) in [4.78, 5) is 16.7. The van der Waals surface area contributed by atoms with Crippen LogP contribution in [0.2, 0.25) is 0 Å². The normalized spacial score (nSPS) is 21.3. The van der Waals surface area contributed by atoms with Gasteiger partial charge in [0.1, 0.15) is 5.75 Å². The summed E-state index contributed by atoms with van der Waals surface area (Å²) in [6.45, 7) is 1.77. The number of hydrogen-bond donors (Lipinski definition) is 1. The Kier molecular flexibility index (Phi) is 5.00. The van der Waals surface area contributed by atoms with Crippen LogP contribution in [-0.2, 0) is 16.3 Å². The summed E-state index contributed by atoms with van der Waals surface area (Å²) in [5, 5.41) is 2.86. The van der Waals surface area contributed by atoms with Gasteiger partial charge in [0.05, 0.1) is 29.7 Å². The lowest BCUT2D eigenvalue weighted by Gasteiger charge is -2.23. The number of aromatic nitrogens is 1. The fourth-order valence-electron chi connectivity index (χ4n) is 3.18. The van der Waals surface area contributed by atoms with Crippen molar-refractivity contribution >= 4 is 15.7 Å². The average Bonchev–Trinajstić information content (AvgIpc) is 2.88. The zero-order valence-corrected chi connectivity index (χ0v) is 15.7. The lowest BCUT2D eigenvalue weighted by atomic mass is 10.0. The number of sulfone groups is 1. The van der Waals surface area contributed by atoms with Gasteiger partial charge >= 0.3 is 0 Å². The molecule has 2 aromatic rings. The van der Waals surface area contributed by atoms with Crippen LogP contribution in [0, 0.1) is 0 Å². The molecule has 26 heavy (non-hydrogen) atoms. The Hall–Kier alpha value is -2.41. The van der Waals surface area contributed by atoms with Crippen molar-refractivity contribution in [2.75, 3.05) is 18.6 Å². The number of carbonyl (C=O) groups is 1. The molecule has 1 amide bonds. The Morgan fingerprint density at radius 2 is 2.08 bits per heavy atom. The van der Waals surface area contributed by atoms with Crippen molar-refractivity contribution < 1.29 is 17.9 Å². The number of methoxy groups -OCH3 is 1. The Labute approximate surface area is 153 Å². The number of hydrogen-bond acceptors (Lipinski definition) is 5. The Balaban J connectivity index is 1.73. The molecule has 6 nitrogen and oxygen atoms in total. The third-order valence-corrected chi connectivity index (χ3v) is 6.42. The molecule has 0 spiro atoms. The van der Waals surface area contributed by atoms with Crippen molar-refractivity contribution in [2.45, 2.75) is 25.3 Å². The molecule has 1 saturated heterocycles. The summed E-state index contributed by atoms with van der Waals surface area (Å²) in [7, 11) is -1.46. The molecule has 1 aliphatic rings. The number of pyridine rings is 1. The Bertz CT molecular complexity index is 927. The first-order chi connectivity index (χ1) is 12.3. The van der Waals surface area contributed by atoms with Crippen molar-refractivity contribution in [3.63, 3.8) is 0 Å². The summed E-state index contributed by atoms with van der Waals surface area (Å²) in [6, 6.07) is 9.51. The van der Waals surface area contributed by atoms with E-state index in [1.165, 1.54) is 6.20 Å². The maximum absolute atomic E-state index is 12.6. The first-order valence-electron chi connectivity index (χ1n) is 8.38. The smallest absolute Gasteiger partial charge is 0.253 e. The van der Waals surface area contributed by atoms with Crippen LogP contribution in [0.1, 0.15) is 34.8 Å². The monoisotopic (exact) mass is 374 g/mol. The van der Waals surface area contributed by atoms with Crippen molar-refractivity contribution in [3.8, 4) is 5.75 Å². The zero-order valence-electron chi connectivity index (χ0n) is 14.9. The largest absolute Gasteiger partial charge is 0.497 e. The van der Waals surface area contributed by atoms with Crippen LogP contribution in [0.5, 0.6) is 5.75 Å². The van der Waals surface area contributed by atoms with Gasteiger partial charge in [-0.05, 0) is 49.1 Å². The van der Waals surface area contributed by atoms with E-state index in [9.17, 15) is 13.2 Å². The lowest BCUT2D eigenvalue weighted by Crippen LogP contribution is -2.46. The number of amides is 1. The number of ether oxygens (including phenoxy) is 1. The van der Waals surface area contributed by atoms with Gasteiger partial charge in [-0.1, -0.05) is 12.1 Å². The van der Waals surface area contributed by atoms with Gasteiger partial charge in [-0.2, -0.15) is 0 Å². The van der Waals surface area contributed by atoms with Crippen LogP contribution in [0.4, 0.5) is 0 Å². The lowest BCUT2D eigenvalue weighted by molar-refractivity contribution is 0.0915. The van der Waals surface area contributed by atoms with Gasteiger partial charge in [0, 0.05) is 12.4 Å². The minimum Gasteiger partial charge on any atom is -0.497 e. The predicted molar refractivity (Wildman–Crippen MR) is 99.2 cm³/mol. The van der Waals surface area contributed by atoms with Crippen LogP contribution >= 0.6 is 0 Å². The summed E-state index contributed by atoms with van der Waals surface area (Å²) in [6.07, 6.45) is 4.27. The second kappa shape index (κ2) is 7.07. The van der Waals surface area contributed by atoms with Crippen LogP contribution < -0.4 is 10.1 Å². The van der Waals surface area contributed by atoms with Gasteiger partial charge in [0.2, 0.25) is 0 Å². The maximum Gasteiger partial charge on any atom is 0.253 e. The summed E-state index contributed by atoms with van der Waals surface area (Å²) in [5.41, 5.74) is 1.65. The van der Waals surface area contributed by atoms with E-state index >= 15 is 0 Å². The molecule has 1 aliphatic heterocycles. The average molecular weight is 374 g/mol. The number of rotatable bonds is 5. The fourth-order valence-corrected chi connectivity index (χ4v) is 5.27. The van der Waals surface area contributed by atoms with E-state index in [4.69, 9.17) is 4.74 Å². The van der Waals surface area contributed by atoms with E-state index in [1.807, 2.05) is 24.3 Å². The molecule has 0 radical (unpaired) electrons. The van der Waals surface area contributed by atoms with Crippen LogP contribution in [0.15, 0.2) is 42.7 Å². The highest BCUT2D eigenvalue weighted by atomic mass is 32.2. The minimum absolute atomic E-state index is 0.0251.